The second-order valence-electron chi connectivity index (χ2n) is 5.94. The Kier molecular flexibility index (Phi) is 6.39. The fourth-order valence-electron chi connectivity index (χ4n) is 2.60. The van der Waals surface area contributed by atoms with Gasteiger partial charge in [-0.05, 0) is 35.9 Å². The molecule has 0 unspecified atom stereocenters. The molecule has 0 fully saturated rings. The van der Waals surface area contributed by atoms with Gasteiger partial charge in [0.25, 0.3) is 0 Å². The maximum atomic E-state index is 13.0. The Morgan fingerprint density at radius 2 is 1.78 bits per heavy atom. The summed E-state index contributed by atoms with van der Waals surface area (Å²) in [5, 5.41) is 3.25. The minimum Gasteiger partial charge on any atom is -0.496 e. The van der Waals surface area contributed by atoms with E-state index in [1.54, 1.807) is 19.2 Å². The molecule has 3 nitrogen and oxygen atoms in total. The Balaban J connectivity index is 1.60. The number of benzene rings is 3. The van der Waals surface area contributed by atoms with Crippen molar-refractivity contribution in [3.63, 3.8) is 0 Å². The molecule has 0 heterocycles. The molecule has 0 saturated carbocycles. The smallest absolute Gasteiger partial charge is 0.123 e. The van der Waals surface area contributed by atoms with Gasteiger partial charge in [0.1, 0.15) is 28.9 Å². The van der Waals surface area contributed by atoms with E-state index in [-0.39, 0.29) is 5.82 Å². The van der Waals surface area contributed by atoms with E-state index in [1.807, 2.05) is 48.5 Å². The summed E-state index contributed by atoms with van der Waals surface area (Å²) in [7, 11) is 1.65. The van der Waals surface area contributed by atoms with Gasteiger partial charge < -0.3 is 14.8 Å². The van der Waals surface area contributed by atoms with Crippen molar-refractivity contribution in [1.82, 2.24) is 5.32 Å². The number of rotatable bonds is 7. The monoisotopic (exact) mass is 381 g/mol. The number of halogens is 1. The van der Waals surface area contributed by atoms with Gasteiger partial charge in [-0.25, -0.2) is 4.39 Å². The second-order valence-corrected chi connectivity index (χ2v) is 6.35. The van der Waals surface area contributed by atoms with Gasteiger partial charge in [-0.1, -0.05) is 54.7 Å². The molecular weight excluding hydrogens is 361 g/mol. The van der Waals surface area contributed by atoms with Crippen LogP contribution in [0.5, 0.6) is 11.5 Å². The van der Waals surface area contributed by atoms with Crippen molar-refractivity contribution in [3.8, 4) is 11.5 Å². The normalized spacial score (nSPS) is 10.3. The molecule has 0 amide bonds. The third-order valence-electron chi connectivity index (χ3n) is 4.05. The molecule has 0 saturated heterocycles. The van der Waals surface area contributed by atoms with Crippen LogP contribution in [0.3, 0.4) is 0 Å². The summed E-state index contributed by atoms with van der Waals surface area (Å²) < 4.78 is 24.1. The molecule has 0 bridgehead atoms. The molecule has 0 atom stereocenters. The van der Waals surface area contributed by atoms with Crippen molar-refractivity contribution >= 4 is 17.2 Å². The molecule has 5 heteroatoms. The van der Waals surface area contributed by atoms with Crippen LogP contribution in [0.2, 0.25) is 0 Å². The molecule has 3 rings (SSSR count). The van der Waals surface area contributed by atoms with Crippen LogP contribution in [0.15, 0.2) is 72.8 Å². The summed E-state index contributed by atoms with van der Waals surface area (Å²) in [4.78, 5) is 0.633. The van der Waals surface area contributed by atoms with Crippen LogP contribution in [-0.2, 0) is 13.2 Å². The second kappa shape index (κ2) is 9.14. The number of ether oxygens (including phenoxy) is 2. The maximum Gasteiger partial charge on any atom is 0.123 e. The predicted molar refractivity (Wildman–Crippen MR) is 109 cm³/mol. The molecule has 138 valence electrons. The van der Waals surface area contributed by atoms with Gasteiger partial charge in [-0.3, -0.25) is 0 Å². The van der Waals surface area contributed by atoms with Crippen LogP contribution in [-0.4, -0.2) is 12.1 Å². The molecule has 27 heavy (non-hydrogen) atoms. The molecular formula is C22H20FNO2S. The van der Waals surface area contributed by atoms with E-state index in [0.717, 1.165) is 22.4 Å². The van der Waals surface area contributed by atoms with Gasteiger partial charge in [0.15, 0.2) is 0 Å². The third kappa shape index (κ3) is 5.28. The Bertz CT molecular complexity index is 912. The predicted octanol–water partition coefficient (Wildman–Crippen LogP) is 4.88. The standard InChI is InChI=1S/C22H20FNO2S/c1-25-21-8-3-2-5-18(21)14-24-22(27)17-6-4-7-20(13-17)26-15-16-9-11-19(23)12-10-16/h2-13H,14-15H2,1H3,(H,24,27). The first-order valence-electron chi connectivity index (χ1n) is 8.53. The molecule has 3 aromatic rings. The van der Waals surface area contributed by atoms with Crippen molar-refractivity contribution < 1.29 is 13.9 Å². The molecule has 0 aromatic heterocycles. The molecule has 0 aliphatic carbocycles. The van der Waals surface area contributed by atoms with Gasteiger partial charge in [-0.15, -0.1) is 0 Å². The summed E-state index contributed by atoms with van der Waals surface area (Å²) in [6.45, 7) is 0.939. The van der Waals surface area contributed by atoms with Crippen molar-refractivity contribution in [2.75, 3.05) is 7.11 Å². The Labute approximate surface area is 163 Å². The van der Waals surface area contributed by atoms with Gasteiger partial charge in [0.05, 0.1) is 7.11 Å². The van der Waals surface area contributed by atoms with Crippen molar-refractivity contribution in [3.05, 3.63) is 95.3 Å². The van der Waals surface area contributed by atoms with Gasteiger partial charge in [0.2, 0.25) is 0 Å². The van der Waals surface area contributed by atoms with Crippen LogP contribution in [0.4, 0.5) is 4.39 Å². The lowest BCUT2D eigenvalue weighted by Crippen LogP contribution is -2.22. The zero-order chi connectivity index (χ0) is 19.1. The Morgan fingerprint density at radius 3 is 2.56 bits per heavy atom. The summed E-state index contributed by atoms with van der Waals surface area (Å²) >= 11 is 5.50. The minimum atomic E-state index is -0.257. The summed E-state index contributed by atoms with van der Waals surface area (Å²) in [5.74, 6) is 1.27. The number of hydrogen-bond donors (Lipinski definition) is 1. The van der Waals surface area contributed by atoms with E-state index in [4.69, 9.17) is 21.7 Å². The van der Waals surface area contributed by atoms with Crippen LogP contribution in [0, 0.1) is 5.82 Å². The van der Waals surface area contributed by atoms with E-state index in [1.165, 1.54) is 12.1 Å². The SMILES string of the molecule is COc1ccccc1CNC(=S)c1cccc(OCc2ccc(F)cc2)c1. The quantitative estimate of drug-likeness (QED) is 0.591. The minimum absolute atomic E-state index is 0.257. The average molecular weight is 381 g/mol. The van der Waals surface area contributed by atoms with Crippen LogP contribution in [0.25, 0.3) is 0 Å². The number of methoxy groups -OCH3 is 1. The number of nitrogens with one attached hydrogen (secondary N) is 1. The van der Waals surface area contributed by atoms with E-state index in [9.17, 15) is 4.39 Å². The highest BCUT2D eigenvalue weighted by molar-refractivity contribution is 7.80. The highest BCUT2D eigenvalue weighted by Gasteiger charge is 2.06. The number of thiocarbonyl (C=S) groups is 1. The first-order valence-corrected chi connectivity index (χ1v) is 8.94. The summed E-state index contributed by atoms with van der Waals surface area (Å²) in [6.07, 6.45) is 0. The number of hydrogen-bond acceptors (Lipinski definition) is 3. The van der Waals surface area contributed by atoms with E-state index < -0.39 is 0 Å². The zero-order valence-electron chi connectivity index (χ0n) is 14.9. The largest absolute Gasteiger partial charge is 0.496 e. The lowest BCUT2D eigenvalue weighted by atomic mass is 10.1. The van der Waals surface area contributed by atoms with E-state index in [2.05, 4.69) is 5.32 Å². The molecule has 0 aliphatic rings. The van der Waals surface area contributed by atoms with Crippen molar-refractivity contribution in [2.24, 2.45) is 0 Å². The van der Waals surface area contributed by atoms with Gasteiger partial charge in [-0.2, -0.15) is 0 Å². The topological polar surface area (TPSA) is 30.5 Å². The molecule has 3 aromatic carbocycles. The highest BCUT2D eigenvalue weighted by Crippen LogP contribution is 2.18. The van der Waals surface area contributed by atoms with E-state index in [0.29, 0.717) is 23.9 Å². The molecule has 0 radical (unpaired) electrons. The van der Waals surface area contributed by atoms with Crippen LogP contribution >= 0.6 is 12.2 Å². The zero-order valence-corrected chi connectivity index (χ0v) is 15.8. The van der Waals surface area contributed by atoms with Gasteiger partial charge in [0, 0.05) is 17.7 Å². The fraction of sp³-hybridized carbons (Fsp3) is 0.136. The van der Waals surface area contributed by atoms with Crippen LogP contribution < -0.4 is 14.8 Å². The number of para-hydroxylation sites is 1. The summed E-state index contributed by atoms with van der Waals surface area (Å²) in [5.41, 5.74) is 2.81. The lowest BCUT2D eigenvalue weighted by Gasteiger charge is -2.12. The third-order valence-corrected chi connectivity index (χ3v) is 4.43. The van der Waals surface area contributed by atoms with Crippen molar-refractivity contribution in [1.29, 1.82) is 0 Å². The maximum absolute atomic E-state index is 13.0. The molecule has 0 spiro atoms. The summed E-state index contributed by atoms with van der Waals surface area (Å²) in [6, 6.07) is 21.7. The molecule has 1 N–H and O–H groups in total. The van der Waals surface area contributed by atoms with E-state index >= 15 is 0 Å². The first-order chi connectivity index (χ1) is 13.2. The van der Waals surface area contributed by atoms with Crippen LogP contribution in [0.1, 0.15) is 16.7 Å². The average Bonchev–Trinajstić information content (AvgIpc) is 2.72. The Hall–Kier alpha value is -2.92. The highest BCUT2D eigenvalue weighted by atomic mass is 32.1. The first kappa shape index (κ1) is 18.9. The fourth-order valence-corrected chi connectivity index (χ4v) is 2.80. The Morgan fingerprint density at radius 1 is 1.00 bits per heavy atom. The van der Waals surface area contributed by atoms with Gasteiger partial charge >= 0.3 is 0 Å². The van der Waals surface area contributed by atoms with Crippen molar-refractivity contribution in [2.45, 2.75) is 13.2 Å². The molecule has 0 aliphatic heterocycles. The lowest BCUT2D eigenvalue weighted by molar-refractivity contribution is 0.306.